The van der Waals surface area contributed by atoms with E-state index in [1.54, 1.807) is 10.7 Å². The highest BCUT2D eigenvalue weighted by Crippen LogP contribution is 2.15. The molecule has 1 N–H and O–H groups in total. The van der Waals surface area contributed by atoms with Gasteiger partial charge in [0.1, 0.15) is 5.82 Å². The van der Waals surface area contributed by atoms with E-state index in [0.717, 1.165) is 12.1 Å². The second kappa shape index (κ2) is 5.88. The molecule has 5 nitrogen and oxygen atoms in total. The SMILES string of the molecule is Cc1ccc(F)cc1-n1nnnc1CNCC(C)C. The van der Waals surface area contributed by atoms with Crippen LogP contribution >= 0.6 is 0 Å². The molecule has 6 heteroatoms. The first-order valence-corrected chi connectivity index (χ1v) is 6.32. The van der Waals surface area contributed by atoms with Gasteiger partial charge in [-0.15, -0.1) is 5.10 Å². The highest BCUT2D eigenvalue weighted by Gasteiger charge is 2.11. The third-order valence-corrected chi connectivity index (χ3v) is 2.77. The molecule has 0 atom stereocenters. The van der Waals surface area contributed by atoms with Crippen molar-refractivity contribution in [1.82, 2.24) is 25.5 Å². The summed E-state index contributed by atoms with van der Waals surface area (Å²) in [5, 5.41) is 14.9. The van der Waals surface area contributed by atoms with Crippen molar-refractivity contribution in [3.8, 4) is 5.69 Å². The fraction of sp³-hybridized carbons (Fsp3) is 0.462. The summed E-state index contributed by atoms with van der Waals surface area (Å²) in [6.07, 6.45) is 0. The van der Waals surface area contributed by atoms with Crippen LogP contribution in [0.25, 0.3) is 5.69 Å². The molecule has 0 radical (unpaired) electrons. The van der Waals surface area contributed by atoms with Crippen molar-refractivity contribution in [1.29, 1.82) is 0 Å². The van der Waals surface area contributed by atoms with E-state index in [1.807, 2.05) is 6.92 Å². The Labute approximate surface area is 111 Å². The topological polar surface area (TPSA) is 55.6 Å². The molecule has 0 unspecified atom stereocenters. The van der Waals surface area contributed by atoms with Crippen LogP contribution in [0, 0.1) is 18.7 Å². The molecule has 2 aromatic rings. The lowest BCUT2D eigenvalue weighted by molar-refractivity contribution is 0.537. The number of aryl methyl sites for hydroxylation is 1. The Balaban J connectivity index is 2.21. The van der Waals surface area contributed by atoms with Crippen LogP contribution in [0.4, 0.5) is 4.39 Å². The molecule has 1 aromatic heterocycles. The Morgan fingerprint density at radius 3 is 2.89 bits per heavy atom. The number of tetrazole rings is 1. The Morgan fingerprint density at radius 1 is 1.37 bits per heavy atom. The van der Waals surface area contributed by atoms with Gasteiger partial charge in [0.05, 0.1) is 12.2 Å². The molecule has 0 saturated carbocycles. The van der Waals surface area contributed by atoms with E-state index in [0.29, 0.717) is 24.0 Å². The maximum atomic E-state index is 13.3. The van der Waals surface area contributed by atoms with Gasteiger partial charge in [-0.3, -0.25) is 0 Å². The molecule has 0 aliphatic carbocycles. The summed E-state index contributed by atoms with van der Waals surface area (Å²) in [4.78, 5) is 0. The zero-order valence-corrected chi connectivity index (χ0v) is 11.4. The summed E-state index contributed by atoms with van der Waals surface area (Å²) in [6.45, 7) is 7.61. The number of rotatable bonds is 5. The van der Waals surface area contributed by atoms with Crippen LogP contribution in [0.2, 0.25) is 0 Å². The van der Waals surface area contributed by atoms with Crippen LogP contribution in [0.3, 0.4) is 0 Å². The lowest BCUT2D eigenvalue weighted by Gasteiger charge is -2.09. The van der Waals surface area contributed by atoms with Gasteiger partial charge in [-0.05, 0) is 47.5 Å². The van der Waals surface area contributed by atoms with Crippen LogP contribution in [-0.2, 0) is 6.54 Å². The second-order valence-corrected chi connectivity index (χ2v) is 4.96. The highest BCUT2D eigenvalue weighted by molar-refractivity contribution is 5.40. The van der Waals surface area contributed by atoms with Gasteiger partial charge in [-0.2, -0.15) is 4.68 Å². The minimum atomic E-state index is -0.294. The molecule has 0 amide bonds. The van der Waals surface area contributed by atoms with Gasteiger partial charge in [0.15, 0.2) is 5.82 Å². The van der Waals surface area contributed by atoms with Crippen molar-refractivity contribution in [2.45, 2.75) is 27.3 Å². The highest BCUT2D eigenvalue weighted by atomic mass is 19.1. The average molecular weight is 263 g/mol. The first-order chi connectivity index (χ1) is 9.08. The number of benzene rings is 1. The lowest BCUT2D eigenvalue weighted by Crippen LogP contribution is -2.21. The molecule has 19 heavy (non-hydrogen) atoms. The molecule has 0 fully saturated rings. The average Bonchev–Trinajstić information content (AvgIpc) is 2.80. The third-order valence-electron chi connectivity index (χ3n) is 2.77. The third kappa shape index (κ3) is 3.35. The van der Waals surface area contributed by atoms with Crippen molar-refractivity contribution in [3.05, 3.63) is 35.4 Å². The number of halogens is 1. The molecule has 102 valence electrons. The molecule has 0 saturated heterocycles. The summed E-state index contributed by atoms with van der Waals surface area (Å²) in [5.74, 6) is 0.937. The quantitative estimate of drug-likeness (QED) is 0.894. The van der Waals surface area contributed by atoms with Crippen LogP contribution in [0.5, 0.6) is 0 Å². The summed E-state index contributed by atoms with van der Waals surface area (Å²) >= 11 is 0. The molecule has 1 aromatic carbocycles. The van der Waals surface area contributed by atoms with Crippen LogP contribution in [0.1, 0.15) is 25.2 Å². The first kappa shape index (κ1) is 13.6. The summed E-state index contributed by atoms with van der Waals surface area (Å²) in [6, 6.07) is 4.59. The Hall–Kier alpha value is -1.82. The minimum absolute atomic E-state index is 0.294. The van der Waals surface area contributed by atoms with Gasteiger partial charge in [-0.25, -0.2) is 4.39 Å². The van der Waals surface area contributed by atoms with E-state index < -0.39 is 0 Å². The van der Waals surface area contributed by atoms with Crippen LogP contribution in [0.15, 0.2) is 18.2 Å². The van der Waals surface area contributed by atoms with Crippen molar-refractivity contribution in [3.63, 3.8) is 0 Å². The number of hydrogen-bond acceptors (Lipinski definition) is 4. The largest absolute Gasteiger partial charge is 0.310 e. The van der Waals surface area contributed by atoms with Crippen molar-refractivity contribution >= 4 is 0 Å². The minimum Gasteiger partial charge on any atom is -0.310 e. The number of nitrogens with one attached hydrogen (secondary N) is 1. The fourth-order valence-electron chi connectivity index (χ4n) is 1.79. The molecular formula is C13H18FN5. The smallest absolute Gasteiger partial charge is 0.170 e. The van der Waals surface area contributed by atoms with Crippen molar-refractivity contribution < 1.29 is 4.39 Å². The monoisotopic (exact) mass is 263 g/mol. The predicted molar refractivity (Wildman–Crippen MR) is 70.4 cm³/mol. The van der Waals surface area contributed by atoms with Crippen LogP contribution < -0.4 is 5.32 Å². The maximum Gasteiger partial charge on any atom is 0.170 e. The van der Waals surface area contributed by atoms with E-state index in [-0.39, 0.29) is 5.82 Å². The normalized spacial score (nSPS) is 11.2. The zero-order chi connectivity index (χ0) is 13.8. The zero-order valence-electron chi connectivity index (χ0n) is 11.4. The Morgan fingerprint density at radius 2 is 2.16 bits per heavy atom. The van der Waals surface area contributed by atoms with E-state index in [2.05, 4.69) is 34.7 Å². The molecule has 2 rings (SSSR count). The standard InChI is InChI=1S/C13H18FN5/c1-9(2)7-15-8-13-16-17-18-19(13)12-6-11(14)5-4-10(12)3/h4-6,9,15H,7-8H2,1-3H3. The molecular weight excluding hydrogens is 245 g/mol. The van der Waals surface area contributed by atoms with Gasteiger partial charge < -0.3 is 5.32 Å². The fourth-order valence-corrected chi connectivity index (χ4v) is 1.79. The number of aromatic nitrogens is 4. The predicted octanol–water partition coefficient (Wildman–Crippen LogP) is 1.86. The van der Waals surface area contributed by atoms with Crippen molar-refractivity contribution in [2.24, 2.45) is 5.92 Å². The van der Waals surface area contributed by atoms with E-state index in [9.17, 15) is 4.39 Å². The van der Waals surface area contributed by atoms with E-state index in [4.69, 9.17) is 0 Å². The van der Waals surface area contributed by atoms with Crippen molar-refractivity contribution in [2.75, 3.05) is 6.54 Å². The molecule has 0 spiro atoms. The number of hydrogen-bond donors (Lipinski definition) is 1. The second-order valence-electron chi connectivity index (χ2n) is 4.96. The maximum absolute atomic E-state index is 13.3. The van der Waals surface area contributed by atoms with Gasteiger partial charge in [-0.1, -0.05) is 19.9 Å². The molecule has 0 bridgehead atoms. The molecule has 0 aliphatic heterocycles. The van der Waals surface area contributed by atoms with E-state index >= 15 is 0 Å². The first-order valence-electron chi connectivity index (χ1n) is 6.32. The number of nitrogens with zero attached hydrogens (tertiary/aromatic N) is 4. The lowest BCUT2D eigenvalue weighted by atomic mass is 10.2. The van der Waals surface area contributed by atoms with Gasteiger partial charge in [0, 0.05) is 0 Å². The molecule has 0 aliphatic rings. The van der Waals surface area contributed by atoms with Gasteiger partial charge >= 0.3 is 0 Å². The summed E-state index contributed by atoms with van der Waals surface area (Å²) in [5.41, 5.74) is 1.60. The van der Waals surface area contributed by atoms with E-state index in [1.165, 1.54) is 12.1 Å². The van der Waals surface area contributed by atoms with Gasteiger partial charge in [0.25, 0.3) is 0 Å². The molecule has 1 heterocycles. The Bertz CT molecular complexity index is 550. The summed E-state index contributed by atoms with van der Waals surface area (Å²) in [7, 11) is 0. The summed E-state index contributed by atoms with van der Waals surface area (Å²) < 4.78 is 14.9. The Kier molecular flexibility index (Phi) is 4.21. The van der Waals surface area contributed by atoms with Crippen LogP contribution in [-0.4, -0.2) is 26.8 Å². The van der Waals surface area contributed by atoms with Gasteiger partial charge in [0.2, 0.25) is 0 Å².